The van der Waals surface area contributed by atoms with Gasteiger partial charge in [0.05, 0.1) is 17.1 Å². The average molecular weight is 359 g/mol. The number of carbonyl (C=O) groups is 1. The Balaban J connectivity index is 1.40. The summed E-state index contributed by atoms with van der Waals surface area (Å²) < 4.78 is 2.13. The van der Waals surface area contributed by atoms with Gasteiger partial charge in [-0.05, 0) is 48.8 Å². The van der Waals surface area contributed by atoms with E-state index in [0.717, 1.165) is 16.9 Å². The van der Waals surface area contributed by atoms with E-state index in [1.54, 1.807) is 0 Å². The number of imidazole rings is 1. The topological polar surface area (TPSA) is 46.9 Å². The third kappa shape index (κ3) is 3.25. The molecule has 27 heavy (non-hydrogen) atoms. The number of fused-ring (bicyclic) bond motifs is 1. The number of hydrogen-bond acceptors (Lipinski definition) is 2. The summed E-state index contributed by atoms with van der Waals surface area (Å²) in [6.07, 6.45) is 3.54. The third-order valence-corrected chi connectivity index (χ3v) is 6.00. The Bertz CT molecular complexity index is 974. The highest BCUT2D eigenvalue weighted by Crippen LogP contribution is 2.47. The van der Waals surface area contributed by atoms with Gasteiger partial charge in [0.1, 0.15) is 12.4 Å². The van der Waals surface area contributed by atoms with Crippen LogP contribution < -0.4 is 5.32 Å². The zero-order valence-corrected chi connectivity index (χ0v) is 15.6. The van der Waals surface area contributed by atoms with Crippen molar-refractivity contribution in [2.75, 3.05) is 0 Å². The van der Waals surface area contributed by atoms with Crippen LogP contribution in [0.1, 0.15) is 49.5 Å². The Morgan fingerprint density at radius 1 is 1.15 bits per heavy atom. The second-order valence-corrected chi connectivity index (χ2v) is 8.15. The SMILES string of the molecule is CC1CC1C(NC(=O)Cn1c(C2CC2)nc2ccccc21)c1ccccc1. The summed E-state index contributed by atoms with van der Waals surface area (Å²) in [6, 6.07) is 18.6. The molecule has 3 aromatic rings. The van der Waals surface area contributed by atoms with Gasteiger partial charge in [-0.15, -0.1) is 0 Å². The number of hydrogen-bond donors (Lipinski definition) is 1. The minimum absolute atomic E-state index is 0.0769. The van der Waals surface area contributed by atoms with E-state index in [1.165, 1.54) is 24.8 Å². The van der Waals surface area contributed by atoms with Crippen molar-refractivity contribution in [1.82, 2.24) is 14.9 Å². The normalized spacial score (nSPS) is 22.6. The summed E-state index contributed by atoms with van der Waals surface area (Å²) >= 11 is 0. The van der Waals surface area contributed by atoms with E-state index < -0.39 is 0 Å². The van der Waals surface area contributed by atoms with Gasteiger partial charge in [0.25, 0.3) is 0 Å². The van der Waals surface area contributed by atoms with Crippen molar-refractivity contribution >= 4 is 16.9 Å². The van der Waals surface area contributed by atoms with E-state index in [9.17, 15) is 4.79 Å². The predicted octanol–water partition coefficient (Wildman–Crippen LogP) is 4.43. The van der Waals surface area contributed by atoms with E-state index in [2.05, 4.69) is 47.1 Å². The highest BCUT2D eigenvalue weighted by atomic mass is 16.2. The molecule has 2 fully saturated rings. The van der Waals surface area contributed by atoms with Crippen LogP contribution in [0.25, 0.3) is 11.0 Å². The number of para-hydroxylation sites is 2. The Labute approximate surface area is 159 Å². The van der Waals surface area contributed by atoms with Crippen molar-refractivity contribution < 1.29 is 4.79 Å². The molecule has 2 saturated carbocycles. The average Bonchev–Trinajstić information content (AvgIpc) is 3.61. The first-order valence-corrected chi connectivity index (χ1v) is 10.00. The molecular weight excluding hydrogens is 334 g/mol. The van der Waals surface area contributed by atoms with Crippen LogP contribution in [0.3, 0.4) is 0 Å². The van der Waals surface area contributed by atoms with Crippen molar-refractivity contribution in [1.29, 1.82) is 0 Å². The smallest absolute Gasteiger partial charge is 0.240 e. The molecule has 0 saturated heterocycles. The van der Waals surface area contributed by atoms with Crippen LogP contribution >= 0.6 is 0 Å². The van der Waals surface area contributed by atoms with Gasteiger partial charge in [0.15, 0.2) is 0 Å². The Morgan fingerprint density at radius 3 is 2.56 bits per heavy atom. The lowest BCUT2D eigenvalue weighted by molar-refractivity contribution is -0.122. The van der Waals surface area contributed by atoms with Gasteiger partial charge in [-0.2, -0.15) is 0 Å². The van der Waals surface area contributed by atoms with Crippen molar-refractivity contribution in [3.05, 3.63) is 66.0 Å². The lowest BCUT2D eigenvalue weighted by Gasteiger charge is -2.20. The minimum atomic E-state index is 0.0769. The van der Waals surface area contributed by atoms with E-state index in [0.29, 0.717) is 24.3 Å². The van der Waals surface area contributed by atoms with E-state index in [4.69, 9.17) is 4.98 Å². The van der Waals surface area contributed by atoms with Gasteiger partial charge < -0.3 is 9.88 Å². The monoisotopic (exact) mass is 359 g/mol. The highest BCUT2D eigenvalue weighted by Gasteiger charge is 2.41. The van der Waals surface area contributed by atoms with Gasteiger partial charge in [0, 0.05) is 5.92 Å². The number of benzene rings is 2. The van der Waals surface area contributed by atoms with Gasteiger partial charge in [-0.25, -0.2) is 4.98 Å². The lowest BCUT2D eigenvalue weighted by atomic mass is 10.0. The quantitative estimate of drug-likeness (QED) is 0.708. The van der Waals surface area contributed by atoms with Crippen molar-refractivity contribution in [3.63, 3.8) is 0 Å². The molecule has 0 bridgehead atoms. The zero-order valence-electron chi connectivity index (χ0n) is 15.6. The van der Waals surface area contributed by atoms with Crippen LogP contribution in [-0.2, 0) is 11.3 Å². The molecule has 1 heterocycles. The van der Waals surface area contributed by atoms with Crippen LogP contribution in [0.5, 0.6) is 0 Å². The summed E-state index contributed by atoms with van der Waals surface area (Å²) in [6.45, 7) is 2.61. The van der Waals surface area contributed by atoms with Crippen molar-refractivity contribution in [2.24, 2.45) is 11.8 Å². The van der Waals surface area contributed by atoms with Crippen LogP contribution in [0.4, 0.5) is 0 Å². The van der Waals surface area contributed by atoms with E-state index in [-0.39, 0.29) is 11.9 Å². The standard InChI is InChI=1S/C23H25N3O/c1-15-13-18(15)22(16-7-3-2-4-8-16)25-21(27)14-26-20-10-6-5-9-19(20)24-23(26)17-11-12-17/h2-10,15,17-18,22H,11-14H2,1H3,(H,25,27). The number of rotatable bonds is 6. The summed E-state index contributed by atoms with van der Waals surface area (Å²) in [5, 5.41) is 3.33. The fourth-order valence-corrected chi connectivity index (χ4v) is 4.19. The van der Waals surface area contributed by atoms with Gasteiger partial charge in [0.2, 0.25) is 5.91 Å². The number of carbonyl (C=O) groups excluding carboxylic acids is 1. The highest BCUT2D eigenvalue weighted by molar-refractivity contribution is 5.81. The zero-order chi connectivity index (χ0) is 18.4. The fraction of sp³-hybridized carbons (Fsp3) is 0.391. The molecule has 5 rings (SSSR count). The number of aromatic nitrogens is 2. The summed E-state index contributed by atoms with van der Waals surface area (Å²) in [7, 11) is 0. The number of amides is 1. The predicted molar refractivity (Wildman–Crippen MR) is 106 cm³/mol. The van der Waals surface area contributed by atoms with Crippen LogP contribution in [-0.4, -0.2) is 15.5 Å². The Morgan fingerprint density at radius 2 is 1.85 bits per heavy atom. The molecule has 3 unspecified atom stereocenters. The molecule has 0 radical (unpaired) electrons. The first kappa shape index (κ1) is 16.5. The fourth-order valence-electron chi connectivity index (χ4n) is 4.19. The molecule has 2 aliphatic carbocycles. The van der Waals surface area contributed by atoms with Crippen LogP contribution in [0, 0.1) is 11.8 Å². The first-order chi connectivity index (χ1) is 13.2. The lowest BCUT2D eigenvalue weighted by Crippen LogP contribution is -2.33. The van der Waals surface area contributed by atoms with E-state index in [1.807, 2.05) is 24.3 Å². The Kier molecular flexibility index (Phi) is 4.00. The molecule has 1 aromatic heterocycles. The summed E-state index contributed by atoms with van der Waals surface area (Å²) in [5.41, 5.74) is 3.26. The molecule has 4 heteroatoms. The van der Waals surface area contributed by atoms with Gasteiger partial charge >= 0.3 is 0 Å². The number of nitrogens with one attached hydrogen (secondary N) is 1. The molecule has 0 aliphatic heterocycles. The number of nitrogens with zero attached hydrogens (tertiary/aromatic N) is 2. The maximum atomic E-state index is 13.0. The largest absolute Gasteiger partial charge is 0.347 e. The van der Waals surface area contributed by atoms with Crippen molar-refractivity contribution in [2.45, 2.75) is 44.7 Å². The molecule has 1 N–H and O–H groups in total. The molecule has 0 spiro atoms. The van der Waals surface area contributed by atoms with Gasteiger partial charge in [-0.1, -0.05) is 49.4 Å². The summed E-state index contributed by atoms with van der Waals surface area (Å²) in [4.78, 5) is 17.8. The van der Waals surface area contributed by atoms with Crippen LogP contribution in [0.2, 0.25) is 0 Å². The molecular formula is C23H25N3O. The molecule has 4 nitrogen and oxygen atoms in total. The Hall–Kier alpha value is -2.62. The second kappa shape index (κ2) is 6.52. The second-order valence-electron chi connectivity index (χ2n) is 8.15. The van der Waals surface area contributed by atoms with Gasteiger partial charge in [-0.3, -0.25) is 4.79 Å². The molecule has 2 aromatic carbocycles. The minimum Gasteiger partial charge on any atom is -0.347 e. The first-order valence-electron chi connectivity index (χ1n) is 10.00. The van der Waals surface area contributed by atoms with Crippen LogP contribution in [0.15, 0.2) is 54.6 Å². The molecule has 3 atom stereocenters. The summed E-state index contributed by atoms with van der Waals surface area (Å²) in [5.74, 6) is 2.87. The maximum Gasteiger partial charge on any atom is 0.240 e. The third-order valence-electron chi connectivity index (χ3n) is 6.00. The van der Waals surface area contributed by atoms with E-state index >= 15 is 0 Å². The molecule has 1 amide bonds. The maximum absolute atomic E-state index is 13.0. The molecule has 2 aliphatic rings. The van der Waals surface area contributed by atoms with Crippen molar-refractivity contribution in [3.8, 4) is 0 Å². The molecule has 138 valence electrons.